The van der Waals surface area contributed by atoms with Crippen LogP contribution < -0.4 is 0 Å². The van der Waals surface area contributed by atoms with Gasteiger partial charge in [-0.2, -0.15) is 0 Å². The van der Waals surface area contributed by atoms with Gasteiger partial charge >= 0.3 is 0 Å². The highest BCUT2D eigenvalue weighted by molar-refractivity contribution is 6.30. The fraction of sp³-hybridized carbons (Fsp3) is 0.312. The summed E-state index contributed by atoms with van der Waals surface area (Å²) in [6.45, 7) is 4.47. The summed E-state index contributed by atoms with van der Waals surface area (Å²) in [6, 6.07) is 7.56. The number of amides is 1. The van der Waals surface area contributed by atoms with E-state index in [2.05, 4.69) is 4.98 Å². The Hall–Kier alpha value is -1.78. The second-order valence-corrected chi connectivity index (χ2v) is 5.57. The molecule has 0 spiro atoms. The molecule has 0 aliphatic carbocycles. The van der Waals surface area contributed by atoms with Gasteiger partial charge < -0.3 is 14.6 Å². The number of halogens is 1. The van der Waals surface area contributed by atoms with Crippen LogP contribution in [0.4, 0.5) is 0 Å². The zero-order chi connectivity index (χ0) is 14.8. The highest BCUT2D eigenvalue weighted by Crippen LogP contribution is 2.29. The fourth-order valence-electron chi connectivity index (χ4n) is 2.60. The number of carbonyl (C=O) groups is 1. The third-order valence-electron chi connectivity index (χ3n) is 3.72. The van der Waals surface area contributed by atoms with Crippen LogP contribution in [0.15, 0.2) is 30.5 Å². The largest absolute Gasteiger partial charge is 0.378 e. The van der Waals surface area contributed by atoms with Crippen molar-refractivity contribution in [3.8, 4) is 11.1 Å². The number of hydrogen-bond acceptors (Lipinski definition) is 2. The SMILES string of the molecule is Cc1c[nH]c(C(=O)N2CCOCC2)c1-c1ccc(Cl)cc1. The molecular weight excluding hydrogens is 288 g/mol. The van der Waals surface area contributed by atoms with Gasteiger partial charge in [0.2, 0.25) is 0 Å². The van der Waals surface area contributed by atoms with Crippen molar-refractivity contribution in [1.82, 2.24) is 9.88 Å². The summed E-state index contributed by atoms with van der Waals surface area (Å²) in [7, 11) is 0. The van der Waals surface area contributed by atoms with Crippen molar-refractivity contribution >= 4 is 17.5 Å². The molecule has 21 heavy (non-hydrogen) atoms. The lowest BCUT2D eigenvalue weighted by Gasteiger charge is -2.26. The number of ether oxygens (including phenoxy) is 1. The molecule has 1 aliphatic rings. The maximum absolute atomic E-state index is 12.7. The van der Waals surface area contributed by atoms with Gasteiger partial charge in [0.1, 0.15) is 5.69 Å². The molecule has 1 N–H and O–H groups in total. The number of rotatable bonds is 2. The van der Waals surface area contributed by atoms with Crippen molar-refractivity contribution in [2.24, 2.45) is 0 Å². The minimum atomic E-state index is 0.0244. The molecule has 5 heteroatoms. The summed E-state index contributed by atoms with van der Waals surface area (Å²) in [6.07, 6.45) is 1.87. The Morgan fingerprint density at radius 2 is 1.90 bits per heavy atom. The quantitative estimate of drug-likeness (QED) is 0.926. The Balaban J connectivity index is 1.96. The Morgan fingerprint density at radius 1 is 1.24 bits per heavy atom. The maximum Gasteiger partial charge on any atom is 0.271 e. The molecule has 1 aromatic heterocycles. The highest BCUT2D eigenvalue weighted by Gasteiger charge is 2.23. The van der Waals surface area contributed by atoms with Gasteiger partial charge in [0, 0.05) is 29.9 Å². The van der Waals surface area contributed by atoms with E-state index in [-0.39, 0.29) is 5.91 Å². The van der Waals surface area contributed by atoms with Crippen LogP contribution in [0.5, 0.6) is 0 Å². The molecule has 3 rings (SSSR count). The number of carbonyl (C=O) groups excluding carboxylic acids is 1. The summed E-state index contributed by atoms with van der Waals surface area (Å²) in [4.78, 5) is 17.6. The van der Waals surface area contributed by atoms with Crippen LogP contribution in [0.1, 0.15) is 16.1 Å². The molecular formula is C16H17ClN2O2. The third kappa shape index (κ3) is 2.82. The third-order valence-corrected chi connectivity index (χ3v) is 3.97. The smallest absolute Gasteiger partial charge is 0.271 e. The minimum Gasteiger partial charge on any atom is -0.378 e. The van der Waals surface area contributed by atoms with Gasteiger partial charge in [-0.05, 0) is 30.2 Å². The summed E-state index contributed by atoms with van der Waals surface area (Å²) >= 11 is 5.94. The molecule has 0 bridgehead atoms. The van der Waals surface area contributed by atoms with Gasteiger partial charge in [0.05, 0.1) is 13.2 Å². The van der Waals surface area contributed by atoms with E-state index in [0.29, 0.717) is 37.0 Å². The van der Waals surface area contributed by atoms with Gasteiger partial charge in [-0.1, -0.05) is 23.7 Å². The molecule has 1 fully saturated rings. The molecule has 2 aromatic rings. The Labute approximate surface area is 128 Å². The number of nitrogens with zero attached hydrogens (tertiary/aromatic N) is 1. The average molecular weight is 305 g/mol. The topological polar surface area (TPSA) is 45.3 Å². The van der Waals surface area contributed by atoms with Crippen molar-refractivity contribution < 1.29 is 9.53 Å². The average Bonchev–Trinajstić information content (AvgIpc) is 2.90. The molecule has 1 saturated heterocycles. The monoisotopic (exact) mass is 304 g/mol. The molecule has 0 radical (unpaired) electrons. The molecule has 0 atom stereocenters. The predicted molar refractivity (Wildman–Crippen MR) is 82.7 cm³/mol. The van der Waals surface area contributed by atoms with Crippen LogP contribution >= 0.6 is 11.6 Å². The van der Waals surface area contributed by atoms with E-state index in [9.17, 15) is 4.79 Å². The van der Waals surface area contributed by atoms with E-state index in [0.717, 1.165) is 16.7 Å². The first-order valence-corrected chi connectivity index (χ1v) is 7.35. The van der Waals surface area contributed by atoms with E-state index in [1.54, 1.807) is 0 Å². The number of benzene rings is 1. The molecule has 1 aliphatic heterocycles. The van der Waals surface area contributed by atoms with Crippen LogP contribution in [0, 0.1) is 6.92 Å². The first kappa shape index (κ1) is 14.2. The summed E-state index contributed by atoms with van der Waals surface area (Å²) in [5, 5.41) is 0.688. The molecule has 1 amide bonds. The zero-order valence-corrected chi connectivity index (χ0v) is 12.6. The zero-order valence-electron chi connectivity index (χ0n) is 11.9. The predicted octanol–water partition coefficient (Wildman–Crippen LogP) is 3.12. The van der Waals surface area contributed by atoms with Gasteiger partial charge in [0.15, 0.2) is 0 Å². The molecule has 0 saturated carbocycles. The Bertz CT molecular complexity index is 643. The number of aryl methyl sites for hydroxylation is 1. The number of aromatic nitrogens is 1. The number of aromatic amines is 1. The molecule has 4 nitrogen and oxygen atoms in total. The van der Waals surface area contributed by atoms with Gasteiger partial charge in [-0.15, -0.1) is 0 Å². The van der Waals surface area contributed by atoms with Crippen LogP contribution in [0.2, 0.25) is 5.02 Å². The number of hydrogen-bond donors (Lipinski definition) is 1. The van der Waals surface area contributed by atoms with E-state index in [1.165, 1.54) is 0 Å². The normalized spacial score (nSPS) is 15.2. The van der Waals surface area contributed by atoms with Crippen LogP contribution in [0.3, 0.4) is 0 Å². The summed E-state index contributed by atoms with van der Waals surface area (Å²) in [5.74, 6) is 0.0244. The molecule has 0 unspecified atom stereocenters. The van der Waals surface area contributed by atoms with E-state index in [1.807, 2.05) is 42.3 Å². The summed E-state index contributed by atoms with van der Waals surface area (Å²) in [5.41, 5.74) is 3.63. The van der Waals surface area contributed by atoms with E-state index >= 15 is 0 Å². The Morgan fingerprint density at radius 3 is 2.57 bits per heavy atom. The first-order chi connectivity index (χ1) is 10.2. The minimum absolute atomic E-state index is 0.0244. The second-order valence-electron chi connectivity index (χ2n) is 5.13. The van der Waals surface area contributed by atoms with Gasteiger partial charge in [0.25, 0.3) is 5.91 Å². The second kappa shape index (κ2) is 5.92. The van der Waals surface area contributed by atoms with Crippen LogP contribution in [-0.2, 0) is 4.74 Å². The van der Waals surface area contributed by atoms with Crippen molar-refractivity contribution in [3.05, 3.63) is 46.7 Å². The summed E-state index contributed by atoms with van der Waals surface area (Å²) < 4.78 is 5.30. The lowest BCUT2D eigenvalue weighted by Crippen LogP contribution is -2.41. The number of morpholine rings is 1. The lowest BCUT2D eigenvalue weighted by molar-refractivity contribution is 0.0300. The maximum atomic E-state index is 12.7. The van der Waals surface area contributed by atoms with Crippen molar-refractivity contribution in [2.45, 2.75) is 6.92 Å². The standard InChI is InChI=1S/C16H17ClN2O2/c1-11-10-18-15(16(20)19-6-8-21-9-7-19)14(11)12-2-4-13(17)5-3-12/h2-5,10,18H,6-9H2,1H3. The highest BCUT2D eigenvalue weighted by atomic mass is 35.5. The van der Waals surface area contributed by atoms with Crippen molar-refractivity contribution in [1.29, 1.82) is 0 Å². The lowest BCUT2D eigenvalue weighted by atomic mass is 10.0. The Kier molecular flexibility index (Phi) is 3.99. The first-order valence-electron chi connectivity index (χ1n) is 6.98. The van der Waals surface area contributed by atoms with Crippen LogP contribution in [0.25, 0.3) is 11.1 Å². The molecule has 1 aromatic carbocycles. The molecule has 2 heterocycles. The van der Waals surface area contributed by atoms with Gasteiger partial charge in [-0.25, -0.2) is 0 Å². The van der Waals surface area contributed by atoms with E-state index in [4.69, 9.17) is 16.3 Å². The molecule has 110 valence electrons. The number of H-pyrrole nitrogens is 1. The fourth-order valence-corrected chi connectivity index (χ4v) is 2.73. The van der Waals surface area contributed by atoms with Crippen molar-refractivity contribution in [2.75, 3.05) is 26.3 Å². The van der Waals surface area contributed by atoms with E-state index < -0.39 is 0 Å². The van der Waals surface area contributed by atoms with Crippen molar-refractivity contribution in [3.63, 3.8) is 0 Å². The number of nitrogens with one attached hydrogen (secondary N) is 1. The van der Waals surface area contributed by atoms with Crippen LogP contribution in [-0.4, -0.2) is 42.1 Å². The van der Waals surface area contributed by atoms with Gasteiger partial charge in [-0.3, -0.25) is 4.79 Å².